The van der Waals surface area contributed by atoms with Crippen LogP contribution in [0.1, 0.15) is 16.8 Å². The standard InChI is InChI=1S/C16H13FN2O2/c17-12-7-5-11(6-8-12)16(21)19-10-9-15(20)18-13-3-1-2-4-14(13)19/h1-8H,9-10H2,(H,18,20). The zero-order valence-corrected chi connectivity index (χ0v) is 11.2. The summed E-state index contributed by atoms with van der Waals surface area (Å²) in [6.45, 7) is 0.291. The van der Waals surface area contributed by atoms with Crippen LogP contribution in [-0.2, 0) is 4.79 Å². The van der Waals surface area contributed by atoms with Crippen LogP contribution in [0.25, 0.3) is 0 Å². The first kappa shape index (κ1) is 13.3. The highest BCUT2D eigenvalue weighted by molar-refractivity contribution is 6.10. The van der Waals surface area contributed by atoms with Crippen LogP contribution in [0.15, 0.2) is 48.5 Å². The topological polar surface area (TPSA) is 49.4 Å². The van der Waals surface area contributed by atoms with Gasteiger partial charge in [-0.1, -0.05) is 12.1 Å². The smallest absolute Gasteiger partial charge is 0.258 e. The number of para-hydroxylation sites is 2. The van der Waals surface area contributed by atoms with E-state index in [0.29, 0.717) is 23.5 Å². The normalized spacial score (nSPS) is 14.1. The van der Waals surface area contributed by atoms with E-state index in [4.69, 9.17) is 0 Å². The highest BCUT2D eigenvalue weighted by atomic mass is 19.1. The molecule has 2 amide bonds. The van der Waals surface area contributed by atoms with E-state index in [-0.39, 0.29) is 24.1 Å². The second-order valence-electron chi connectivity index (χ2n) is 4.78. The SMILES string of the molecule is O=C1CCN(C(=O)c2ccc(F)cc2)c2ccccc2N1. The molecule has 2 aromatic rings. The average Bonchev–Trinajstić information content (AvgIpc) is 2.65. The molecule has 0 atom stereocenters. The van der Waals surface area contributed by atoms with Crippen molar-refractivity contribution in [3.63, 3.8) is 0 Å². The van der Waals surface area contributed by atoms with E-state index in [0.717, 1.165) is 0 Å². The van der Waals surface area contributed by atoms with Gasteiger partial charge in [-0.05, 0) is 36.4 Å². The van der Waals surface area contributed by atoms with Crippen LogP contribution >= 0.6 is 0 Å². The third-order valence-electron chi connectivity index (χ3n) is 3.37. The predicted molar refractivity (Wildman–Crippen MR) is 77.8 cm³/mol. The Bertz CT molecular complexity index is 698. The Balaban J connectivity index is 1.99. The van der Waals surface area contributed by atoms with E-state index in [1.807, 2.05) is 0 Å². The second kappa shape index (κ2) is 5.36. The second-order valence-corrected chi connectivity index (χ2v) is 4.78. The number of benzene rings is 2. The number of nitrogens with zero attached hydrogens (tertiary/aromatic N) is 1. The molecule has 1 aliphatic rings. The monoisotopic (exact) mass is 284 g/mol. The molecule has 0 radical (unpaired) electrons. The van der Waals surface area contributed by atoms with Crippen LogP contribution in [0.3, 0.4) is 0 Å². The molecular formula is C16H13FN2O2. The lowest BCUT2D eigenvalue weighted by Crippen LogP contribution is -2.31. The summed E-state index contributed by atoms with van der Waals surface area (Å²) in [5.41, 5.74) is 1.65. The number of amides is 2. The maximum atomic E-state index is 13.0. The lowest BCUT2D eigenvalue weighted by molar-refractivity contribution is -0.115. The molecule has 0 fully saturated rings. The molecule has 21 heavy (non-hydrogen) atoms. The van der Waals surface area contributed by atoms with Crippen molar-refractivity contribution in [2.45, 2.75) is 6.42 Å². The van der Waals surface area contributed by atoms with Gasteiger partial charge in [-0.15, -0.1) is 0 Å². The van der Waals surface area contributed by atoms with Gasteiger partial charge in [0.15, 0.2) is 0 Å². The van der Waals surface area contributed by atoms with Crippen LogP contribution in [0.4, 0.5) is 15.8 Å². The van der Waals surface area contributed by atoms with Gasteiger partial charge in [0.25, 0.3) is 5.91 Å². The number of fused-ring (bicyclic) bond motifs is 1. The minimum Gasteiger partial charge on any atom is -0.324 e. The highest BCUT2D eigenvalue weighted by Crippen LogP contribution is 2.29. The Labute approximate surface area is 121 Å². The Kier molecular flexibility index (Phi) is 3.39. The van der Waals surface area contributed by atoms with Crippen molar-refractivity contribution in [1.29, 1.82) is 0 Å². The molecule has 0 aliphatic carbocycles. The third kappa shape index (κ3) is 2.63. The molecule has 2 aromatic carbocycles. The number of nitrogens with one attached hydrogen (secondary N) is 1. The van der Waals surface area contributed by atoms with Gasteiger partial charge < -0.3 is 10.2 Å². The molecule has 0 bridgehead atoms. The Morgan fingerprint density at radius 3 is 2.57 bits per heavy atom. The van der Waals surface area contributed by atoms with E-state index in [2.05, 4.69) is 5.32 Å². The van der Waals surface area contributed by atoms with Crippen molar-refractivity contribution in [1.82, 2.24) is 0 Å². The molecule has 0 unspecified atom stereocenters. The summed E-state index contributed by atoms with van der Waals surface area (Å²) in [4.78, 5) is 25.8. The molecule has 0 spiro atoms. The zero-order chi connectivity index (χ0) is 14.8. The van der Waals surface area contributed by atoms with Gasteiger partial charge in [-0.2, -0.15) is 0 Å². The van der Waals surface area contributed by atoms with Crippen molar-refractivity contribution in [3.8, 4) is 0 Å². The number of halogens is 1. The third-order valence-corrected chi connectivity index (χ3v) is 3.37. The minimum atomic E-state index is -0.389. The Morgan fingerprint density at radius 1 is 1.10 bits per heavy atom. The van der Waals surface area contributed by atoms with Gasteiger partial charge in [-0.25, -0.2) is 4.39 Å². The largest absolute Gasteiger partial charge is 0.324 e. The molecule has 4 nitrogen and oxygen atoms in total. The number of carbonyl (C=O) groups excluding carboxylic acids is 2. The minimum absolute atomic E-state index is 0.128. The van der Waals surface area contributed by atoms with Crippen molar-refractivity contribution in [2.24, 2.45) is 0 Å². The summed E-state index contributed by atoms with van der Waals surface area (Å²) in [7, 11) is 0. The lowest BCUT2D eigenvalue weighted by atomic mass is 10.1. The van der Waals surface area contributed by atoms with Crippen molar-refractivity contribution >= 4 is 23.2 Å². The Morgan fingerprint density at radius 2 is 1.81 bits per heavy atom. The maximum Gasteiger partial charge on any atom is 0.258 e. The molecule has 3 rings (SSSR count). The molecule has 0 saturated heterocycles. The van der Waals surface area contributed by atoms with Crippen LogP contribution in [0.2, 0.25) is 0 Å². The van der Waals surface area contributed by atoms with Gasteiger partial charge in [0.2, 0.25) is 5.91 Å². The summed E-state index contributed by atoms with van der Waals surface area (Å²) in [5, 5.41) is 2.77. The van der Waals surface area contributed by atoms with E-state index in [9.17, 15) is 14.0 Å². The summed E-state index contributed by atoms with van der Waals surface area (Å²) >= 11 is 0. The predicted octanol–water partition coefficient (Wildman–Crippen LogP) is 2.81. The van der Waals surface area contributed by atoms with Crippen LogP contribution < -0.4 is 10.2 Å². The fourth-order valence-corrected chi connectivity index (χ4v) is 2.32. The zero-order valence-electron chi connectivity index (χ0n) is 11.2. The fourth-order valence-electron chi connectivity index (χ4n) is 2.32. The first-order valence-corrected chi connectivity index (χ1v) is 6.61. The summed E-state index contributed by atoms with van der Waals surface area (Å²) in [5.74, 6) is -0.768. The molecular weight excluding hydrogens is 271 g/mol. The lowest BCUT2D eigenvalue weighted by Gasteiger charge is -2.22. The molecule has 0 saturated carbocycles. The van der Waals surface area contributed by atoms with Gasteiger partial charge >= 0.3 is 0 Å². The highest BCUT2D eigenvalue weighted by Gasteiger charge is 2.24. The van der Waals surface area contributed by atoms with Gasteiger partial charge in [0, 0.05) is 18.5 Å². The number of hydrogen-bond acceptors (Lipinski definition) is 2. The average molecular weight is 284 g/mol. The summed E-state index contributed by atoms with van der Waals surface area (Å²) in [6.07, 6.45) is 0.224. The molecule has 1 aliphatic heterocycles. The fraction of sp³-hybridized carbons (Fsp3) is 0.125. The maximum absolute atomic E-state index is 13.0. The molecule has 5 heteroatoms. The van der Waals surface area contributed by atoms with Crippen LogP contribution in [-0.4, -0.2) is 18.4 Å². The number of hydrogen-bond donors (Lipinski definition) is 1. The summed E-state index contributed by atoms with van der Waals surface area (Å²) < 4.78 is 13.0. The number of anilines is 2. The van der Waals surface area contributed by atoms with E-state index < -0.39 is 0 Å². The van der Waals surface area contributed by atoms with E-state index in [1.165, 1.54) is 24.3 Å². The van der Waals surface area contributed by atoms with Gasteiger partial charge in [0.1, 0.15) is 5.82 Å². The summed E-state index contributed by atoms with van der Waals surface area (Å²) in [6, 6.07) is 12.5. The van der Waals surface area contributed by atoms with Crippen LogP contribution in [0, 0.1) is 5.82 Å². The molecule has 0 aromatic heterocycles. The number of carbonyl (C=O) groups is 2. The first-order valence-electron chi connectivity index (χ1n) is 6.61. The van der Waals surface area contributed by atoms with Crippen molar-refractivity contribution in [2.75, 3.05) is 16.8 Å². The van der Waals surface area contributed by atoms with Gasteiger partial charge in [0.05, 0.1) is 11.4 Å². The molecule has 1 N–H and O–H groups in total. The van der Waals surface area contributed by atoms with Crippen LogP contribution in [0.5, 0.6) is 0 Å². The molecule has 106 valence electrons. The van der Waals surface area contributed by atoms with Crippen molar-refractivity contribution in [3.05, 3.63) is 59.9 Å². The van der Waals surface area contributed by atoms with E-state index >= 15 is 0 Å². The quantitative estimate of drug-likeness (QED) is 0.875. The Hall–Kier alpha value is -2.69. The van der Waals surface area contributed by atoms with Crippen molar-refractivity contribution < 1.29 is 14.0 Å². The molecule has 1 heterocycles. The number of rotatable bonds is 1. The van der Waals surface area contributed by atoms with Gasteiger partial charge in [-0.3, -0.25) is 9.59 Å². The first-order chi connectivity index (χ1) is 10.1. The van der Waals surface area contributed by atoms with E-state index in [1.54, 1.807) is 29.2 Å².